The van der Waals surface area contributed by atoms with Gasteiger partial charge in [0.25, 0.3) is 0 Å². The van der Waals surface area contributed by atoms with Gasteiger partial charge in [-0.05, 0) is 6.92 Å². The van der Waals surface area contributed by atoms with Gasteiger partial charge in [0.1, 0.15) is 0 Å². The standard InChI is InChI=1S/C8H14N2/c1-6(2)10-8(4)7(3)5-9/h6,8,10H,3H2,1-2,4H3. The second-order valence-electron chi connectivity index (χ2n) is 2.68. The quantitative estimate of drug-likeness (QED) is 0.599. The molecule has 0 saturated heterocycles. The molecule has 0 aliphatic rings. The molecule has 0 aliphatic carbocycles. The van der Waals surface area contributed by atoms with E-state index in [-0.39, 0.29) is 6.04 Å². The van der Waals surface area contributed by atoms with E-state index in [1.54, 1.807) is 0 Å². The summed E-state index contributed by atoms with van der Waals surface area (Å²) in [6, 6.07) is 2.52. The largest absolute Gasteiger partial charge is 0.307 e. The van der Waals surface area contributed by atoms with Crippen LogP contribution in [0.5, 0.6) is 0 Å². The van der Waals surface area contributed by atoms with Crippen molar-refractivity contribution in [1.29, 1.82) is 5.26 Å². The smallest absolute Gasteiger partial charge is 0.0957 e. The second-order valence-corrected chi connectivity index (χ2v) is 2.68. The van der Waals surface area contributed by atoms with Crippen LogP contribution in [0.15, 0.2) is 12.2 Å². The molecule has 0 aromatic heterocycles. The average Bonchev–Trinajstić information content (AvgIpc) is 1.85. The highest BCUT2D eigenvalue weighted by Crippen LogP contribution is 1.96. The van der Waals surface area contributed by atoms with E-state index in [0.717, 1.165) is 0 Å². The number of hydrogen-bond acceptors (Lipinski definition) is 2. The van der Waals surface area contributed by atoms with Crippen molar-refractivity contribution < 1.29 is 0 Å². The van der Waals surface area contributed by atoms with Gasteiger partial charge in [-0.25, -0.2) is 0 Å². The van der Waals surface area contributed by atoms with Crippen LogP contribution in [-0.4, -0.2) is 12.1 Å². The highest BCUT2D eigenvalue weighted by atomic mass is 14.9. The fraction of sp³-hybridized carbons (Fsp3) is 0.625. The van der Waals surface area contributed by atoms with Crippen molar-refractivity contribution >= 4 is 0 Å². The normalized spacial score (nSPS) is 12.7. The van der Waals surface area contributed by atoms with Crippen molar-refractivity contribution in [2.45, 2.75) is 32.9 Å². The Bertz CT molecular complexity index is 153. The lowest BCUT2D eigenvalue weighted by Gasteiger charge is -2.14. The average molecular weight is 138 g/mol. The summed E-state index contributed by atoms with van der Waals surface area (Å²) in [5.74, 6) is 0. The number of nitrogens with zero attached hydrogens (tertiary/aromatic N) is 1. The van der Waals surface area contributed by atoms with Crippen LogP contribution in [0, 0.1) is 11.3 Å². The molecular weight excluding hydrogens is 124 g/mol. The van der Waals surface area contributed by atoms with Crippen molar-refractivity contribution in [1.82, 2.24) is 5.32 Å². The van der Waals surface area contributed by atoms with Crippen molar-refractivity contribution in [3.8, 4) is 6.07 Å². The first-order chi connectivity index (χ1) is 4.57. The topological polar surface area (TPSA) is 35.8 Å². The van der Waals surface area contributed by atoms with Crippen molar-refractivity contribution in [2.75, 3.05) is 0 Å². The van der Waals surface area contributed by atoms with E-state index in [0.29, 0.717) is 11.6 Å². The third kappa shape index (κ3) is 3.26. The minimum Gasteiger partial charge on any atom is -0.307 e. The molecular formula is C8H14N2. The lowest BCUT2D eigenvalue weighted by atomic mass is 10.1. The molecule has 0 aromatic rings. The van der Waals surface area contributed by atoms with Gasteiger partial charge < -0.3 is 5.32 Å². The molecule has 2 heteroatoms. The zero-order valence-corrected chi connectivity index (χ0v) is 6.81. The van der Waals surface area contributed by atoms with Crippen LogP contribution in [0.1, 0.15) is 20.8 Å². The molecule has 0 aromatic carbocycles. The Morgan fingerprint density at radius 3 is 2.30 bits per heavy atom. The Kier molecular flexibility index (Phi) is 3.75. The van der Waals surface area contributed by atoms with Gasteiger partial charge >= 0.3 is 0 Å². The van der Waals surface area contributed by atoms with E-state index in [4.69, 9.17) is 5.26 Å². The first kappa shape index (κ1) is 9.19. The van der Waals surface area contributed by atoms with Gasteiger partial charge in [0, 0.05) is 17.7 Å². The van der Waals surface area contributed by atoms with Crippen LogP contribution in [-0.2, 0) is 0 Å². The first-order valence-corrected chi connectivity index (χ1v) is 3.43. The summed E-state index contributed by atoms with van der Waals surface area (Å²) in [4.78, 5) is 0. The maximum atomic E-state index is 8.43. The molecule has 0 bridgehead atoms. The molecule has 1 unspecified atom stereocenters. The van der Waals surface area contributed by atoms with Gasteiger partial charge in [0.15, 0.2) is 0 Å². The van der Waals surface area contributed by atoms with Gasteiger partial charge in [-0.1, -0.05) is 20.4 Å². The molecule has 0 spiro atoms. The van der Waals surface area contributed by atoms with Crippen LogP contribution in [0.4, 0.5) is 0 Å². The van der Waals surface area contributed by atoms with E-state index in [1.807, 2.05) is 26.8 Å². The van der Waals surface area contributed by atoms with Crippen LogP contribution >= 0.6 is 0 Å². The summed E-state index contributed by atoms with van der Waals surface area (Å²) in [6.07, 6.45) is 0. The Labute approximate surface area is 62.5 Å². The Morgan fingerprint density at radius 1 is 1.50 bits per heavy atom. The molecule has 56 valence electrons. The molecule has 0 radical (unpaired) electrons. The number of nitrogens with one attached hydrogen (secondary N) is 1. The second kappa shape index (κ2) is 4.08. The molecule has 0 fully saturated rings. The number of nitriles is 1. The Balaban J connectivity index is 3.76. The lowest BCUT2D eigenvalue weighted by molar-refractivity contribution is 0.540. The van der Waals surface area contributed by atoms with E-state index in [9.17, 15) is 0 Å². The lowest BCUT2D eigenvalue weighted by Crippen LogP contribution is -2.33. The fourth-order valence-corrected chi connectivity index (χ4v) is 0.697. The van der Waals surface area contributed by atoms with Gasteiger partial charge in [0.05, 0.1) is 6.07 Å². The summed E-state index contributed by atoms with van der Waals surface area (Å²) in [7, 11) is 0. The van der Waals surface area contributed by atoms with Crippen LogP contribution in [0.2, 0.25) is 0 Å². The molecule has 1 N–H and O–H groups in total. The van der Waals surface area contributed by atoms with Crippen molar-refractivity contribution in [3.63, 3.8) is 0 Å². The summed E-state index contributed by atoms with van der Waals surface area (Å²) in [6.45, 7) is 9.62. The highest BCUT2D eigenvalue weighted by molar-refractivity contribution is 5.21. The van der Waals surface area contributed by atoms with Crippen molar-refractivity contribution in [2.24, 2.45) is 0 Å². The number of hydrogen-bond donors (Lipinski definition) is 1. The molecule has 10 heavy (non-hydrogen) atoms. The van der Waals surface area contributed by atoms with E-state index in [1.165, 1.54) is 0 Å². The predicted octanol–water partition coefficient (Wildman–Crippen LogP) is 1.45. The summed E-state index contributed by atoms with van der Waals surface area (Å²) < 4.78 is 0. The zero-order chi connectivity index (χ0) is 8.15. The van der Waals surface area contributed by atoms with Crippen LogP contribution in [0.3, 0.4) is 0 Å². The van der Waals surface area contributed by atoms with E-state index in [2.05, 4.69) is 11.9 Å². The molecule has 0 saturated carbocycles. The Hall–Kier alpha value is -0.810. The Morgan fingerprint density at radius 2 is 2.00 bits per heavy atom. The predicted molar refractivity (Wildman–Crippen MR) is 42.5 cm³/mol. The summed E-state index contributed by atoms with van der Waals surface area (Å²) >= 11 is 0. The van der Waals surface area contributed by atoms with E-state index >= 15 is 0 Å². The summed E-state index contributed by atoms with van der Waals surface area (Å²) in [5.41, 5.74) is 0.591. The third-order valence-corrected chi connectivity index (χ3v) is 1.25. The minimum atomic E-state index is 0.102. The SMILES string of the molecule is C=C(C#N)C(C)NC(C)C. The van der Waals surface area contributed by atoms with Crippen LogP contribution in [0.25, 0.3) is 0 Å². The highest BCUT2D eigenvalue weighted by Gasteiger charge is 2.05. The first-order valence-electron chi connectivity index (χ1n) is 3.43. The zero-order valence-electron chi connectivity index (χ0n) is 6.81. The molecule has 0 amide bonds. The monoisotopic (exact) mass is 138 g/mol. The van der Waals surface area contributed by atoms with Crippen LogP contribution < -0.4 is 5.32 Å². The molecule has 0 rings (SSSR count). The molecule has 0 heterocycles. The number of rotatable bonds is 3. The fourth-order valence-electron chi connectivity index (χ4n) is 0.697. The molecule has 1 atom stereocenters. The maximum absolute atomic E-state index is 8.43. The maximum Gasteiger partial charge on any atom is 0.0957 e. The van der Waals surface area contributed by atoms with E-state index < -0.39 is 0 Å². The van der Waals surface area contributed by atoms with Gasteiger partial charge in [-0.15, -0.1) is 0 Å². The summed E-state index contributed by atoms with van der Waals surface area (Å²) in [5, 5.41) is 11.6. The minimum absolute atomic E-state index is 0.102. The van der Waals surface area contributed by atoms with Gasteiger partial charge in [-0.2, -0.15) is 5.26 Å². The third-order valence-electron chi connectivity index (χ3n) is 1.25. The molecule has 2 nitrogen and oxygen atoms in total. The molecule has 0 aliphatic heterocycles. The van der Waals surface area contributed by atoms with Gasteiger partial charge in [0.2, 0.25) is 0 Å². The van der Waals surface area contributed by atoms with Crippen molar-refractivity contribution in [3.05, 3.63) is 12.2 Å². The van der Waals surface area contributed by atoms with Gasteiger partial charge in [-0.3, -0.25) is 0 Å².